The predicted molar refractivity (Wildman–Crippen MR) is 1.37 cm³/mol. The van der Waals surface area contributed by atoms with Crippen LogP contribution >= 0.6 is 0 Å². The molecule has 0 aliphatic rings. The fourth-order valence-electron chi connectivity index (χ4n) is 0. The molecule has 0 spiro atoms. The summed E-state index contributed by atoms with van der Waals surface area (Å²) in [5.41, 5.74) is 0. The molecule has 0 aromatic carbocycles. The Morgan fingerprint density at radius 3 is 0.800 bits per heavy atom. The SMILES string of the molecule is [Ir+4].[O-2].[O-2].[Pd].[Rh]. The van der Waals surface area contributed by atoms with Crippen molar-refractivity contribution in [3.63, 3.8) is 0 Å². The van der Waals surface area contributed by atoms with Gasteiger partial charge in [0.25, 0.3) is 0 Å². The van der Waals surface area contributed by atoms with E-state index in [1.54, 1.807) is 0 Å². The monoisotopic (exact) mass is 434 g/mol. The molecule has 0 rings (SSSR count). The van der Waals surface area contributed by atoms with Crippen LogP contribution in [0.5, 0.6) is 0 Å². The van der Waals surface area contributed by atoms with E-state index in [-0.39, 0.29) is 71.0 Å². The van der Waals surface area contributed by atoms with E-state index in [4.69, 9.17) is 0 Å². The van der Waals surface area contributed by atoms with Crippen molar-refractivity contribution in [2.24, 2.45) is 0 Å². The van der Waals surface area contributed by atoms with Crippen LogP contribution in [-0.2, 0) is 71.0 Å². The molecular formula is IrO2PdRh. The van der Waals surface area contributed by atoms with Crippen LogP contribution < -0.4 is 0 Å². The van der Waals surface area contributed by atoms with Gasteiger partial charge in [-0.1, -0.05) is 0 Å². The topological polar surface area (TPSA) is 57.0 Å². The van der Waals surface area contributed by atoms with Crippen molar-refractivity contribution in [1.82, 2.24) is 0 Å². The van der Waals surface area contributed by atoms with Gasteiger partial charge in [0.1, 0.15) is 0 Å². The Labute approximate surface area is 70.5 Å². The molecule has 0 aliphatic carbocycles. The molecule has 40 valence electrons. The normalized spacial score (nSPS) is 0. The molecule has 5 heteroatoms. The number of rotatable bonds is 0. The average Bonchev–Trinajstić information content (AvgIpc) is 0. The third-order valence-corrected chi connectivity index (χ3v) is 0. The zero-order chi connectivity index (χ0) is 0. The van der Waals surface area contributed by atoms with Gasteiger partial charge in [-0.3, -0.25) is 0 Å². The van der Waals surface area contributed by atoms with E-state index in [9.17, 15) is 0 Å². The summed E-state index contributed by atoms with van der Waals surface area (Å²) < 4.78 is 0. The maximum atomic E-state index is 0. The second-order valence-corrected chi connectivity index (χ2v) is 0. The zero-order valence-electron chi connectivity index (χ0n) is 1.80. The minimum atomic E-state index is 0. The molecular weight excluding hydrogens is 434 g/mol. The largest absolute Gasteiger partial charge is 4.00 e. The standard InChI is InChI=1S/Ir.2O.Pd.Rh/q+4;2*-2;;. The molecule has 0 heterocycles. The van der Waals surface area contributed by atoms with Gasteiger partial charge in [-0.25, -0.2) is 0 Å². The van der Waals surface area contributed by atoms with E-state index >= 15 is 0 Å². The van der Waals surface area contributed by atoms with Crippen LogP contribution in [0.4, 0.5) is 0 Å². The molecule has 0 saturated heterocycles. The van der Waals surface area contributed by atoms with E-state index in [1.807, 2.05) is 0 Å². The van der Waals surface area contributed by atoms with Gasteiger partial charge < -0.3 is 11.0 Å². The first-order valence-corrected chi connectivity index (χ1v) is 0. The van der Waals surface area contributed by atoms with E-state index < -0.39 is 0 Å². The summed E-state index contributed by atoms with van der Waals surface area (Å²) in [6.07, 6.45) is 0. The Kier molecular flexibility index (Phi) is 548. The van der Waals surface area contributed by atoms with E-state index in [2.05, 4.69) is 0 Å². The maximum absolute atomic E-state index is 0. The summed E-state index contributed by atoms with van der Waals surface area (Å²) in [5.74, 6) is 0. The Hall–Kier alpha value is 1.86. The Balaban J connectivity index is 0. The van der Waals surface area contributed by atoms with Crippen molar-refractivity contribution in [2.45, 2.75) is 0 Å². The first-order chi connectivity index (χ1) is 0. The third-order valence-electron chi connectivity index (χ3n) is 0. The Morgan fingerprint density at radius 1 is 0.800 bits per heavy atom. The average molecular weight is 434 g/mol. The predicted octanol–water partition coefficient (Wildman–Crippen LogP) is -0.245. The quantitative estimate of drug-likeness (QED) is 0.474. The van der Waals surface area contributed by atoms with Crippen molar-refractivity contribution in [1.29, 1.82) is 0 Å². The Bertz CT molecular complexity index is 9.61. The first kappa shape index (κ1) is 68.3. The van der Waals surface area contributed by atoms with Crippen molar-refractivity contribution < 1.29 is 71.0 Å². The molecule has 0 amide bonds. The summed E-state index contributed by atoms with van der Waals surface area (Å²) in [7, 11) is 0. The molecule has 0 aromatic rings. The molecule has 2 radical (unpaired) electrons. The molecule has 0 fully saturated rings. The van der Waals surface area contributed by atoms with Crippen LogP contribution in [0.3, 0.4) is 0 Å². The molecule has 0 saturated carbocycles. The van der Waals surface area contributed by atoms with Gasteiger partial charge in [0.2, 0.25) is 0 Å². The molecule has 0 bridgehead atoms. The molecule has 0 atom stereocenters. The van der Waals surface area contributed by atoms with Crippen molar-refractivity contribution >= 4 is 0 Å². The van der Waals surface area contributed by atoms with Crippen LogP contribution in [0.2, 0.25) is 0 Å². The van der Waals surface area contributed by atoms with Gasteiger partial charge >= 0.3 is 20.1 Å². The van der Waals surface area contributed by atoms with E-state index in [1.165, 1.54) is 0 Å². The third kappa shape index (κ3) is 25.3. The van der Waals surface area contributed by atoms with Gasteiger partial charge in [0.15, 0.2) is 0 Å². The van der Waals surface area contributed by atoms with Gasteiger partial charge in [0, 0.05) is 39.9 Å². The minimum Gasteiger partial charge on any atom is -2.00 e. The van der Waals surface area contributed by atoms with Gasteiger partial charge in [0.05, 0.1) is 0 Å². The van der Waals surface area contributed by atoms with Gasteiger partial charge in [-0.2, -0.15) is 0 Å². The molecule has 0 aromatic heterocycles. The van der Waals surface area contributed by atoms with Crippen LogP contribution in [0.25, 0.3) is 0 Å². The van der Waals surface area contributed by atoms with Crippen molar-refractivity contribution in [3.05, 3.63) is 0 Å². The molecule has 2 nitrogen and oxygen atoms in total. The van der Waals surface area contributed by atoms with Gasteiger partial charge in [-0.05, 0) is 0 Å². The van der Waals surface area contributed by atoms with Crippen molar-refractivity contribution in [3.8, 4) is 0 Å². The maximum Gasteiger partial charge on any atom is 4.00 e. The summed E-state index contributed by atoms with van der Waals surface area (Å²) in [6.45, 7) is 0. The molecule has 5 heavy (non-hydrogen) atoms. The smallest absolute Gasteiger partial charge is 2.00 e. The second kappa shape index (κ2) is 40.1. The fraction of sp³-hybridized carbons (Fsp3) is 0. The Morgan fingerprint density at radius 2 is 0.800 bits per heavy atom. The van der Waals surface area contributed by atoms with Crippen LogP contribution in [0.15, 0.2) is 0 Å². The number of hydrogen-bond acceptors (Lipinski definition) is 0. The summed E-state index contributed by atoms with van der Waals surface area (Å²) in [5, 5.41) is 0. The minimum absolute atomic E-state index is 0. The number of hydrogen-bond donors (Lipinski definition) is 0. The summed E-state index contributed by atoms with van der Waals surface area (Å²) in [4.78, 5) is 0. The second-order valence-electron chi connectivity index (χ2n) is 0. The molecule has 0 unspecified atom stereocenters. The summed E-state index contributed by atoms with van der Waals surface area (Å²) >= 11 is 0. The summed E-state index contributed by atoms with van der Waals surface area (Å²) in [6, 6.07) is 0. The van der Waals surface area contributed by atoms with Gasteiger partial charge in [-0.15, -0.1) is 0 Å². The van der Waals surface area contributed by atoms with Crippen LogP contribution in [0.1, 0.15) is 0 Å². The molecule has 0 N–H and O–H groups in total. The van der Waals surface area contributed by atoms with E-state index in [0.717, 1.165) is 0 Å². The fourth-order valence-corrected chi connectivity index (χ4v) is 0. The van der Waals surface area contributed by atoms with Crippen LogP contribution in [-0.4, -0.2) is 0 Å². The van der Waals surface area contributed by atoms with Crippen LogP contribution in [0, 0.1) is 0 Å². The first-order valence-electron chi connectivity index (χ1n) is 0. The van der Waals surface area contributed by atoms with Crippen molar-refractivity contribution in [2.75, 3.05) is 0 Å². The zero-order valence-corrected chi connectivity index (χ0v) is 7.39. The van der Waals surface area contributed by atoms with E-state index in [0.29, 0.717) is 0 Å². The molecule has 0 aliphatic heterocycles.